The number of fused-ring (bicyclic) bond motifs is 1. The molecule has 1 amide bonds. The molecule has 1 aromatic rings. The molecular formula is C14H18ClN3O2. The Kier molecular flexibility index (Phi) is 3.58. The van der Waals surface area contributed by atoms with Crippen LogP contribution in [-0.2, 0) is 4.74 Å². The lowest BCUT2D eigenvalue weighted by Gasteiger charge is -2.52. The van der Waals surface area contributed by atoms with Gasteiger partial charge >= 0.3 is 0 Å². The Morgan fingerprint density at radius 3 is 2.95 bits per heavy atom. The molecule has 1 aliphatic carbocycles. The average Bonchev–Trinajstić information content (AvgIpc) is 2.45. The van der Waals surface area contributed by atoms with Gasteiger partial charge in [-0.15, -0.1) is 0 Å². The van der Waals surface area contributed by atoms with Gasteiger partial charge in [0.2, 0.25) is 5.91 Å². The highest BCUT2D eigenvalue weighted by Gasteiger charge is 2.50. The summed E-state index contributed by atoms with van der Waals surface area (Å²) in [6.07, 6.45) is 2.36. The molecule has 5 N–H and O–H groups in total. The number of carbonyl (C=O) groups excluding carboxylic acids is 1. The molecule has 1 saturated heterocycles. The van der Waals surface area contributed by atoms with E-state index in [1.807, 2.05) is 0 Å². The molecule has 6 heteroatoms. The molecular weight excluding hydrogens is 278 g/mol. The minimum absolute atomic E-state index is 0.0669. The predicted molar refractivity (Wildman–Crippen MR) is 77.8 cm³/mol. The smallest absolute Gasteiger partial charge is 0.248 e. The predicted octanol–water partition coefficient (Wildman–Crippen LogP) is 1.36. The monoisotopic (exact) mass is 295 g/mol. The number of ether oxygens (including phenoxy) is 1. The van der Waals surface area contributed by atoms with E-state index >= 15 is 0 Å². The third kappa shape index (κ3) is 2.26. The van der Waals surface area contributed by atoms with Crippen LogP contribution in [0.2, 0.25) is 5.02 Å². The van der Waals surface area contributed by atoms with Crippen molar-refractivity contribution in [1.29, 1.82) is 0 Å². The number of amides is 1. The number of halogens is 1. The summed E-state index contributed by atoms with van der Waals surface area (Å²) in [5.74, 6) is -0.0561. The summed E-state index contributed by atoms with van der Waals surface area (Å²) in [7, 11) is 0. The zero-order valence-electron chi connectivity index (χ0n) is 11.0. The number of primary amides is 1. The number of benzene rings is 1. The van der Waals surface area contributed by atoms with Crippen molar-refractivity contribution in [2.24, 2.45) is 17.4 Å². The second-order valence-corrected chi connectivity index (χ2v) is 5.86. The molecule has 108 valence electrons. The van der Waals surface area contributed by atoms with Gasteiger partial charge in [0.15, 0.2) is 0 Å². The van der Waals surface area contributed by atoms with E-state index in [-0.39, 0.29) is 18.2 Å². The largest absolute Gasteiger partial charge is 0.377 e. The van der Waals surface area contributed by atoms with Crippen LogP contribution in [0.25, 0.3) is 0 Å². The molecule has 0 bridgehead atoms. The number of nitrogens with two attached hydrogens (primary N) is 2. The van der Waals surface area contributed by atoms with Gasteiger partial charge in [-0.2, -0.15) is 0 Å². The Morgan fingerprint density at radius 2 is 2.25 bits per heavy atom. The lowest BCUT2D eigenvalue weighted by atomic mass is 9.68. The molecule has 5 nitrogen and oxygen atoms in total. The van der Waals surface area contributed by atoms with E-state index in [1.54, 1.807) is 18.2 Å². The van der Waals surface area contributed by atoms with Crippen molar-refractivity contribution in [2.45, 2.75) is 31.0 Å². The molecule has 2 fully saturated rings. The van der Waals surface area contributed by atoms with Crippen molar-refractivity contribution >= 4 is 23.2 Å². The Bertz CT molecular complexity index is 537. The SMILES string of the molecule is NC(=O)c1ccc(NC2C(N)C3CCCOC32)c(Cl)c1. The quantitative estimate of drug-likeness (QED) is 0.785. The van der Waals surface area contributed by atoms with Crippen molar-refractivity contribution in [3.05, 3.63) is 28.8 Å². The highest BCUT2D eigenvalue weighted by atomic mass is 35.5. The molecule has 4 atom stereocenters. The van der Waals surface area contributed by atoms with Crippen LogP contribution in [0.4, 0.5) is 5.69 Å². The molecule has 1 saturated carbocycles. The Morgan fingerprint density at radius 1 is 1.45 bits per heavy atom. The first kappa shape index (κ1) is 13.7. The lowest BCUT2D eigenvalue weighted by Crippen LogP contribution is -2.69. The number of anilines is 1. The van der Waals surface area contributed by atoms with Crippen LogP contribution >= 0.6 is 11.6 Å². The van der Waals surface area contributed by atoms with Gasteiger partial charge in [-0.1, -0.05) is 11.6 Å². The van der Waals surface area contributed by atoms with Gasteiger partial charge < -0.3 is 21.5 Å². The maximum atomic E-state index is 11.1. The Balaban J connectivity index is 1.73. The van der Waals surface area contributed by atoms with E-state index in [0.717, 1.165) is 25.1 Å². The summed E-state index contributed by atoms with van der Waals surface area (Å²) in [5.41, 5.74) is 12.6. The van der Waals surface area contributed by atoms with Crippen molar-refractivity contribution in [3.8, 4) is 0 Å². The number of nitrogens with one attached hydrogen (secondary N) is 1. The topological polar surface area (TPSA) is 90.4 Å². The summed E-state index contributed by atoms with van der Waals surface area (Å²) >= 11 is 6.17. The first-order valence-corrected chi connectivity index (χ1v) is 7.19. The summed E-state index contributed by atoms with van der Waals surface area (Å²) in [6.45, 7) is 0.792. The lowest BCUT2D eigenvalue weighted by molar-refractivity contribution is -0.104. The first-order valence-electron chi connectivity index (χ1n) is 6.81. The van der Waals surface area contributed by atoms with Crippen LogP contribution in [0, 0.1) is 5.92 Å². The van der Waals surface area contributed by atoms with Crippen molar-refractivity contribution in [1.82, 2.24) is 0 Å². The Hall–Kier alpha value is -1.30. The summed E-state index contributed by atoms with van der Waals surface area (Å²) in [5, 5.41) is 3.79. The van der Waals surface area contributed by atoms with Crippen LogP contribution in [0.5, 0.6) is 0 Å². The number of rotatable bonds is 3. The van der Waals surface area contributed by atoms with Crippen LogP contribution in [-0.4, -0.2) is 30.7 Å². The highest BCUT2D eigenvalue weighted by molar-refractivity contribution is 6.33. The maximum Gasteiger partial charge on any atom is 0.248 e. The van der Waals surface area contributed by atoms with Gasteiger partial charge in [0, 0.05) is 24.1 Å². The van der Waals surface area contributed by atoms with Gasteiger partial charge in [-0.25, -0.2) is 0 Å². The second-order valence-electron chi connectivity index (χ2n) is 5.45. The standard InChI is InChI=1S/C14H18ClN3O2/c15-9-6-7(14(17)19)3-4-10(9)18-12-11(16)8-2-1-5-20-13(8)12/h3-4,6,8,11-13,18H,1-2,5,16H2,(H2,17,19). The van der Waals surface area contributed by atoms with Crippen LogP contribution < -0.4 is 16.8 Å². The maximum absolute atomic E-state index is 11.1. The molecule has 0 aromatic heterocycles. The molecule has 4 unspecified atom stereocenters. The van der Waals surface area contributed by atoms with Crippen molar-refractivity contribution < 1.29 is 9.53 Å². The van der Waals surface area contributed by atoms with Gasteiger partial charge in [-0.05, 0) is 31.0 Å². The normalized spacial score (nSPS) is 32.1. The molecule has 20 heavy (non-hydrogen) atoms. The zero-order valence-corrected chi connectivity index (χ0v) is 11.8. The molecule has 0 radical (unpaired) electrons. The Labute approximate surface area is 122 Å². The summed E-state index contributed by atoms with van der Waals surface area (Å²) in [4.78, 5) is 11.1. The van der Waals surface area contributed by atoms with E-state index in [1.165, 1.54) is 0 Å². The molecule has 3 rings (SSSR count). The summed E-state index contributed by atoms with van der Waals surface area (Å²) in [6, 6.07) is 5.12. The number of hydrogen-bond donors (Lipinski definition) is 3. The fourth-order valence-electron chi connectivity index (χ4n) is 3.09. The van der Waals surface area contributed by atoms with Crippen molar-refractivity contribution in [3.63, 3.8) is 0 Å². The van der Waals surface area contributed by atoms with Crippen LogP contribution in [0.15, 0.2) is 18.2 Å². The van der Waals surface area contributed by atoms with Crippen LogP contribution in [0.1, 0.15) is 23.2 Å². The number of hydrogen-bond acceptors (Lipinski definition) is 4. The van der Waals surface area contributed by atoms with Crippen LogP contribution in [0.3, 0.4) is 0 Å². The zero-order chi connectivity index (χ0) is 14.3. The van der Waals surface area contributed by atoms with Gasteiger partial charge in [0.1, 0.15) is 0 Å². The minimum Gasteiger partial charge on any atom is -0.377 e. The average molecular weight is 296 g/mol. The molecule has 1 heterocycles. The summed E-state index contributed by atoms with van der Waals surface area (Å²) < 4.78 is 5.77. The fraction of sp³-hybridized carbons (Fsp3) is 0.500. The van der Waals surface area contributed by atoms with Gasteiger partial charge in [0.05, 0.1) is 22.9 Å². The first-order chi connectivity index (χ1) is 9.58. The molecule has 2 aliphatic rings. The fourth-order valence-corrected chi connectivity index (χ4v) is 3.33. The third-order valence-corrected chi connectivity index (χ3v) is 4.57. The molecule has 1 aromatic carbocycles. The van der Waals surface area contributed by atoms with E-state index in [4.69, 9.17) is 27.8 Å². The van der Waals surface area contributed by atoms with Gasteiger partial charge in [-0.3, -0.25) is 4.79 Å². The van der Waals surface area contributed by atoms with E-state index in [9.17, 15) is 4.79 Å². The second kappa shape index (κ2) is 5.24. The molecule has 0 spiro atoms. The van der Waals surface area contributed by atoms with E-state index in [0.29, 0.717) is 16.5 Å². The van der Waals surface area contributed by atoms with E-state index < -0.39 is 5.91 Å². The van der Waals surface area contributed by atoms with E-state index in [2.05, 4.69) is 5.32 Å². The number of carbonyl (C=O) groups is 1. The van der Waals surface area contributed by atoms with Gasteiger partial charge in [0.25, 0.3) is 0 Å². The molecule has 1 aliphatic heterocycles. The highest BCUT2D eigenvalue weighted by Crippen LogP contribution is 2.39. The minimum atomic E-state index is -0.491. The third-order valence-electron chi connectivity index (χ3n) is 4.25. The van der Waals surface area contributed by atoms with Crippen molar-refractivity contribution in [2.75, 3.05) is 11.9 Å².